The number of para-hydroxylation sites is 2. The molecule has 2 aromatic carbocycles. The highest BCUT2D eigenvalue weighted by Crippen LogP contribution is 2.52. The van der Waals surface area contributed by atoms with Crippen molar-refractivity contribution >= 4 is 0 Å². The molecule has 0 N–H and O–H groups in total. The van der Waals surface area contributed by atoms with E-state index in [0.29, 0.717) is 0 Å². The summed E-state index contributed by atoms with van der Waals surface area (Å²) in [7, 11) is 0. The van der Waals surface area contributed by atoms with Crippen LogP contribution in [0.2, 0.25) is 0 Å². The Bertz CT molecular complexity index is 620. The third-order valence-electron chi connectivity index (χ3n) is 3.90. The molecule has 0 aliphatic carbocycles. The quantitative estimate of drug-likeness (QED) is 0.694. The number of hydrogen-bond acceptors (Lipinski definition) is 2. The van der Waals surface area contributed by atoms with Crippen LogP contribution in [0, 0.1) is 0 Å². The Hall–Kier alpha value is -1.96. The standard InChI is InChI=1S/C16H14O2/c1-16-10-15(11-6-2-4-8-13(11)18-16)17-14-9-5-3-7-12(14)16/h2-9,15H,10H2,1H3/t15-,16-/m0/s1. The predicted molar refractivity (Wildman–Crippen MR) is 68.9 cm³/mol. The molecule has 0 aromatic heterocycles. The van der Waals surface area contributed by atoms with Gasteiger partial charge in [0.15, 0.2) is 0 Å². The highest BCUT2D eigenvalue weighted by Gasteiger charge is 2.45. The van der Waals surface area contributed by atoms with E-state index >= 15 is 0 Å². The lowest BCUT2D eigenvalue weighted by Crippen LogP contribution is -2.40. The predicted octanol–water partition coefficient (Wildman–Crippen LogP) is 3.82. The van der Waals surface area contributed by atoms with Gasteiger partial charge in [-0.05, 0) is 19.1 Å². The van der Waals surface area contributed by atoms with Crippen LogP contribution in [0.15, 0.2) is 48.5 Å². The maximum atomic E-state index is 6.24. The molecule has 0 saturated carbocycles. The zero-order valence-corrected chi connectivity index (χ0v) is 10.2. The van der Waals surface area contributed by atoms with E-state index in [0.717, 1.165) is 29.0 Å². The molecule has 0 fully saturated rings. The third-order valence-corrected chi connectivity index (χ3v) is 3.90. The molecule has 0 amide bonds. The summed E-state index contributed by atoms with van der Waals surface area (Å²) in [4.78, 5) is 0. The van der Waals surface area contributed by atoms with Gasteiger partial charge in [-0.25, -0.2) is 0 Å². The molecule has 2 aliphatic rings. The minimum Gasteiger partial charge on any atom is -0.485 e. The van der Waals surface area contributed by atoms with Gasteiger partial charge in [-0.1, -0.05) is 36.4 Å². The molecule has 0 radical (unpaired) electrons. The first-order valence-corrected chi connectivity index (χ1v) is 6.30. The van der Waals surface area contributed by atoms with Gasteiger partial charge >= 0.3 is 0 Å². The Balaban J connectivity index is 1.92. The fourth-order valence-corrected chi connectivity index (χ4v) is 3.02. The van der Waals surface area contributed by atoms with Crippen molar-refractivity contribution in [3.63, 3.8) is 0 Å². The van der Waals surface area contributed by atoms with E-state index < -0.39 is 0 Å². The van der Waals surface area contributed by atoms with Crippen molar-refractivity contribution in [2.75, 3.05) is 0 Å². The summed E-state index contributed by atoms with van der Waals surface area (Å²) in [6, 6.07) is 16.3. The Kier molecular flexibility index (Phi) is 1.83. The number of rotatable bonds is 0. The smallest absolute Gasteiger partial charge is 0.139 e. The van der Waals surface area contributed by atoms with Crippen LogP contribution in [0.3, 0.4) is 0 Å². The summed E-state index contributed by atoms with van der Waals surface area (Å²) in [5, 5.41) is 0. The lowest BCUT2D eigenvalue weighted by Gasteiger charge is -2.44. The van der Waals surface area contributed by atoms with E-state index in [9.17, 15) is 0 Å². The summed E-state index contributed by atoms with van der Waals surface area (Å²) in [6.07, 6.45) is 0.982. The maximum Gasteiger partial charge on any atom is 0.139 e. The van der Waals surface area contributed by atoms with Crippen LogP contribution in [0.4, 0.5) is 0 Å². The second-order valence-corrected chi connectivity index (χ2v) is 5.18. The number of fused-ring (bicyclic) bond motifs is 6. The zero-order valence-electron chi connectivity index (χ0n) is 10.2. The maximum absolute atomic E-state index is 6.24. The van der Waals surface area contributed by atoms with Crippen LogP contribution in [0.25, 0.3) is 0 Å². The minimum absolute atomic E-state index is 0.106. The zero-order chi connectivity index (χ0) is 12.2. The number of benzene rings is 2. The first-order chi connectivity index (χ1) is 8.76. The molecule has 2 nitrogen and oxygen atoms in total. The highest BCUT2D eigenvalue weighted by atomic mass is 16.5. The Morgan fingerprint density at radius 3 is 2.61 bits per heavy atom. The van der Waals surface area contributed by atoms with Crippen molar-refractivity contribution in [3.8, 4) is 11.5 Å². The average Bonchev–Trinajstić information content (AvgIpc) is 2.38. The van der Waals surface area contributed by atoms with E-state index in [1.807, 2.05) is 36.4 Å². The first-order valence-electron chi connectivity index (χ1n) is 6.30. The Morgan fingerprint density at radius 1 is 1.00 bits per heavy atom. The van der Waals surface area contributed by atoms with Gasteiger partial charge in [-0.15, -0.1) is 0 Å². The SMILES string of the molecule is C[C@]12C[C@H](Oc3ccccc31)c1ccccc1O2. The number of ether oxygens (including phenoxy) is 2. The van der Waals surface area contributed by atoms with E-state index in [4.69, 9.17) is 9.47 Å². The summed E-state index contributed by atoms with van der Waals surface area (Å²) in [5.41, 5.74) is 2.04. The van der Waals surface area contributed by atoms with Crippen LogP contribution < -0.4 is 9.47 Å². The number of hydrogen-bond donors (Lipinski definition) is 0. The molecule has 0 unspecified atom stereocenters. The second-order valence-electron chi connectivity index (χ2n) is 5.18. The second kappa shape index (κ2) is 3.29. The Labute approximate surface area is 106 Å². The molecule has 2 aliphatic heterocycles. The van der Waals surface area contributed by atoms with Crippen molar-refractivity contribution in [3.05, 3.63) is 59.7 Å². The Morgan fingerprint density at radius 2 is 1.72 bits per heavy atom. The minimum atomic E-state index is -0.270. The molecular weight excluding hydrogens is 224 g/mol. The fraction of sp³-hybridized carbons (Fsp3) is 0.250. The van der Waals surface area contributed by atoms with Crippen molar-refractivity contribution in [2.45, 2.75) is 25.0 Å². The van der Waals surface area contributed by atoms with Gasteiger partial charge in [-0.3, -0.25) is 0 Å². The lowest BCUT2D eigenvalue weighted by atomic mass is 9.82. The monoisotopic (exact) mass is 238 g/mol. The van der Waals surface area contributed by atoms with Gasteiger partial charge in [0.1, 0.15) is 23.2 Å². The van der Waals surface area contributed by atoms with Crippen LogP contribution in [0.1, 0.15) is 30.6 Å². The average molecular weight is 238 g/mol. The van der Waals surface area contributed by atoms with Gasteiger partial charge in [0.2, 0.25) is 0 Å². The third kappa shape index (κ3) is 1.23. The van der Waals surface area contributed by atoms with Crippen molar-refractivity contribution < 1.29 is 9.47 Å². The van der Waals surface area contributed by atoms with Gasteiger partial charge in [0, 0.05) is 17.5 Å². The molecule has 90 valence electrons. The van der Waals surface area contributed by atoms with Crippen molar-refractivity contribution in [1.29, 1.82) is 0 Å². The molecule has 2 bridgehead atoms. The van der Waals surface area contributed by atoms with Gasteiger partial charge < -0.3 is 9.47 Å². The van der Waals surface area contributed by atoms with Crippen LogP contribution in [0.5, 0.6) is 11.5 Å². The van der Waals surface area contributed by atoms with Crippen LogP contribution in [-0.2, 0) is 5.60 Å². The van der Waals surface area contributed by atoms with E-state index in [1.165, 1.54) is 0 Å². The lowest BCUT2D eigenvalue weighted by molar-refractivity contribution is -0.0197. The highest BCUT2D eigenvalue weighted by molar-refractivity contribution is 5.47. The molecule has 0 spiro atoms. The van der Waals surface area contributed by atoms with Crippen LogP contribution in [-0.4, -0.2) is 0 Å². The fourth-order valence-electron chi connectivity index (χ4n) is 3.02. The van der Waals surface area contributed by atoms with Gasteiger partial charge in [0.25, 0.3) is 0 Å². The molecule has 2 heteroatoms. The molecular formula is C16H14O2. The molecule has 18 heavy (non-hydrogen) atoms. The van der Waals surface area contributed by atoms with Crippen LogP contribution >= 0.6 is 0 Å². The molecule has 2 aromatic rings. The summed E-state index contributed by atoms with van der Waals surface area (Å²) in [6.45, 7) is 2.15. The van der Waals surface area contributed by atoms with E-state index in [-0.39, 0.29) is 11.7 Å². The summed E-state index contributed by atoms with van der Waals surface area (Å²) >= 11 is 0. The van der Waals surface area contributed by atoms with Gasteiger partial charge in [-0.2, -0.15) is 0 Å². The van der Waals surface area contributed by atoms with E-state index in [2.05, 4.69) is 19.1 Å². The van der Waals surface area contributed by atoms with Crippen molar-refractivity contribution in [2.24, 2.45) is 0 Å². The van der Waals surface area contributed by atoms with E-state index in [1.54, 1.807) is 0 Å². The van der Waals surface area contributed by atoms with Crippen molar-refractivity contribution in [1.82, 2.24) is 0 Å². The molecule has 2 atom stereocenters. The normalized spacial score (nSPS) is 27.5. The van der Waals surface area contributed by atoms with Gasteiger partial charge in [0.05, 0.1) is 0 Å². The molecule has 4 rings (SSSR count). The first kappa shape index (κ1) is 10.0. The topological polar surface area (TPSA) is 18.5 Å². The largest absolute Gasteiger partial charge is 0.485 e. The summed E-state index contributed by atoms with van der Waals surface area (Å²) in [5.74, 6) is 1.90. The summed E-state index contributed by atoms with van der Waals surface area (Å²) < 4.78 is 12.4. The molecule has 0 saturated heterocycles. The molecule has 2 heterocycles.